The molecule has 314 valence electrons. The molecule has 3 aliphatic rings. The molecular weight excluding hydrogens is 817 g/mol. The van der Waals surface area contributed by atoms with E-state index in [1.165, 1.54) is 83.6 Å². The van der Waals surface area contributed by atoms with Crippen LogP contribution in [0, 0.1) is 32.1 Å². The summed E-state index contributed by atoms with van der Waals surface area (Å²) in [5, 5.41) is 24.3. The third-order valence-electron chi connectivity index (χ3n) is 11.5. The molecule has 0 bridgehead atoms. The summed E-state index contributed by atoms with van der Waals surface area (Å²) in [6.07, 6.45) is -0.335. The first-order valence-electron chi connectivity index (χ1n) is 19.2. The van der Waals surface area contributed by atoms with Crippen molar-refractivity contribution in [3.05, 3.63) is 102 Å². The van der Waals surface area contributed by atoms with E-state index < -0.39 is 36.0 Å². The van der Waals surface area contributed by atoms with Gasteiger partial charge in [-0.05, 0) is 48.3 Å². The molecule has 6 rings (SSSR count). The van der Waals surface area contributed by atoms with Gasteiger partial charge < -0.3 is 23.9 Å². The Morgan fingerprint density at radius 1 is 1.02 bits per heavy atom. The number of rotatable bonds is 16. The van der Waals surface area contributed by atoms with Gasteiger partial charge in [-0.25, -0.2) is 9.78 Å². The predicted octanol–water partition coefficient (Wildman–Crippen LogP) is 6.61. The van der Waals surface area contributed by atoms with Crippen LogP contribution in [0.1, 0.15) is 56.2 Å². The standard InChI is InChI=1S/C40H48N6O10S2Si/c1-23-33-32(24(2)56-59(7,8)40(3,4)5)37(49)44(33)34(38(50)55-21-26-11-15-28(16-12-26)46(53)54)35(23)58-30-19-43(20-30)39-41-31(22-57-39)36(48)42(6)18-29(47)17-25-9-13-27(14-10-25)45(51)52/h9-16,22-24,30,32-33H,17-21H2,1-8H3/t23-,24-,32-,33-/m1/s1. The summed E-state index contributed by atoms with van der Waals surface area (Å²) in [4.78, 5) is 85.0. The lowest BCUT2D eigenvalue weighted by Gasteiger charge is -2.50. The van der Waals surface area contributed by atoms with Crippen LogP contribution in [0.15, 0.2) is 64.5 Å². The molecule has 59 heavy (non-hydrogen) atoms. The molecule has 19 heteroatoms. The zero-order valence-electron chi connectivity index (χ0n) is 34.2. The number of carbonyl (C=O) groups is 4. The van der Waals surface area contributed by atoms with Crippen LogP contribution in [-0.2, 0) is 36.6 Å². The minimum absolute atomic E-state index is 0.0239. The van der Waals surface area contributed by atoms with Crippen molar-refractivity contribution in [2.24, 2.45) is 11.8 Å². The SMILES string of the molecule is C[C@@H](O[Si](C)(C)C(C)(C)C)[C@H]1C(=O)N2C(C(=O)OCc3ccc([N+](=O)[O-])cc3)=C(SC3CN(c4nc(C(=O)N(C)CC(=O)Cc5ccc([N+](=O)[O-])cc5)cs4)C3)[C@H](C)[C@H]12. The number of anilines is 1. The topological polar surface area (TPSA) is 196 Å². The lowest BCUT2D eigenvalue weighted by atomic mass is 9.79. The number of hydrogen-bond acceptors (Lipinski definition) is 14. The molecule has 0 N–H and O–H groups in total. The van der Waals surface area contributed by atoms with Crippen molar-refractivity contribution in [3.63, 3.8) is 0 Å². The molecule has 0 saturated carbocycles. The van der Waals surface area contributed by atoms with E-state index in [1.807, 2.05) is 18.7 Å². The Morgan fingerprint density at radius 2 is 1.59 bits per heavy atom. The lowest BCUT2D eigenvalue weighted by Crippen LogP contribution is -2.65. The molecule has 4 atom stereocenters. The van der Waals surface area contributed by atoms with Crippen LogP contribution >= 0.6 is 23.1 Å². The Kier molecular flexibility index (Phi) is 12.5. The molecule has 3 aromatic rings. The van der Waals surface area contributed by atoms with Gasteiger partial charge in [0, 0.05) is 72.3 Å². The van der Waals surface area contributed by atoms with Crippen molar-refractivity contribution in [1.29, 1.82) is 0 Å². The van der Waals surface area contributed by atoms with Crippen LogP contribution in [-0.4, -0.2) is 101 Å². The van der Waals surface area contributed by atoms with Crippen LogP contribution in [0.5, 0.6) is 0 Å². The number of likely N-dealkylation sites (N-methyl/N-ethyl adjacent to an activating group) is 1. The van der Waals surface area contributed by atoms with Gasteiger partial charge in [-0.15, -0.1) is 23.1 Å². The quantitative estimate of drug-likeness (QED) is 0.0491. The number of ketones is 1. The third kappa shape index (κ3) is 9.12. The lowest BCUT2D eigenvalue weighted by molar-refractivity contribution is -0.385. The van der Waals surface area contributed by atoms with Crippen molar-refractivity contribution in [1.82, 2.24) is 14.8 Å². The van der Waals surface area contributed by atoms with E-state index in [-0.39, 0.29) is 82.4 Å². The molecule has 1 aromatic heterocycles. The van der Waals surface area contributed by atoms with Gasteiger partial charge in [-0.2, -0.15) is 0 Å². The van der Waals surface area contributed by atoms with Crippen molar-refractivity contribution >= 4 is 71.5 Å². The fourth-order valence-corrected chi connectivity index (χ4v) is 11.0. The highest BCUT2D eigenvalue weighted by molar-refractivity contribution is 8.03. The molecule has 3 aliphatic heterocycles. The van der Waals surface area contributed by atoms with E-state index in [9.17, 15) is 39.4 Å². The number of amides is 2. The average molecular weight is 865 g/mol. The Morgan fingerprint density at radius 3 is 2.15 bits per heavy atom. The Balaban J connectivity index is 1.11. The van der Waals surface area contributed by atoms with Crippen molar-refractivity contribution < 1.29 is 38.2 Å². The number of hydrogen-bond donors (Lipinski definition) is 0. The largest absolute Gasteiger partial charge is 0.456 e. The number of nitro benzene ring substituents is 2. The van der Waals surface area contributed by atoms with Crippen LogP contribution < -0.4 is 4.90 Å². The number of Topliss-reactive ketones (excluding diaryl/α,β-unsaturated/α-hetero) is 1. The van der Waals surface area contributed by atoms with Gasteiger partial charge in [0.2, 0.25) is 5.91 Å². The number of carbonyl (C=O) groups excluding carboxylic acids is 4. The van der Waals surface area contributed by atoms with Crippen molar-refractivity contribution in [2.75, 3.05) is 31.6 Å². The summed E-state index contributed by atoms with van der Waals surface area (Å²) < 4.78 is 12.4. The van der Waals surface area contributed by atoms with Crippen LogP contribution in [0.2, 0.25) is 18.1 Å². The number of aromatic nitrogens is 1. The summed E-state index contributed by atoms with van der Waals surface area (Å²) in [5.74, 6) is -2.07. The molecule has 0 spiro atoms. The van der Waals surface area contributed by atoms with Crippen LogP contribution in [0.25, 0.3) is 0 Å². The number of nitro groups is 2. The number of β-lactam (4-membered cyclic amide) rings is 1. The first-order valence-corrected chi connectivity index (χ1v) is 23.9. The summed E-state index contributed by atoms with van der Waals surface area (Å²) in [7, 11) is -0.694. The summed E-state index contributed by atoms with van der Waals surface area (Å²) in [6, 6.07) is 11.2. The predicted molar refractivity (Wildman–Crippen MR) is 225 cm³/mol. The normalized spacial score (nSPS) is 19.8. The summed E-state index contributed by atoms with van der Waals surface area (Å²) in [5.41, 5.74) is 1.47. The summed E-state index contributed by atoms with van der Waals surface area (Å²) >= 11 is 2.85. The second kappa shape index (κ2) is 16.9. The van der Waals surface area contributed by atoms with E-state index >= 15 is 0 Å². The minimum Gasteiger partial charge on any atom is -0.456 e. The van der Waals surface area contributed by atoms with Gasteiger partial charge in [0.15, 0.2) is 19.2 Å². The number of benzene rings is 2. The van der Waals surface area contributed by atoms with E-state index in [0.29, 0.717) is 29.3 Å². The molecule has 0 aliphatic carbocycles. The first kappa shape index (κ1) is 43.6. The van der Waals surface area contributed by atoms with E-state index in [0.717, 1.165) is 4.91 Å². The highest BCUT2D eigenvalue weighted by Gasteiger charge is 2.61. The third-order valence-corrected chi connectivity index (χ3v) is 18.4. The van der Waals surface area contributed by atoms with E-state index in [2.05, 4.69) is 38.8 Å². The number of ether oxygens (including phenoxy) is 1. The maximum Gasteiger partial charge on any atom is 0.356 e. The number of fused-ring (bicyclic) bond motifs is 1. The Hall–Kier alpha value is -4.98. The number of non-ortho nitro benzene ring substituents is 2. The van der Waals surface area contributed by atoms with E-state index in [1.54, 1.807) is 10.3 Å². The molecule has 4 heterocycles. The van der Waals surface area contributed by atoms with Crippen molar-refractivity contribution in [3.8, 4) is 0 Å². The second-order valence-corrected chi connectivity index (χ2v) is 23.7. The highest BCUT2D eigenvalue weighted by atomic mass is 32.2. The maximum absolute atomic E-state index is 13.9. The fourth-order valence-electron chi connectivity index (χ4n) is 7.21. The van der Waals surface area contributed by atoms with Gasteiger partial charge in [0.1, 0.15) is 18.0 Å². The van der Waals surface area contributed by atoms with Crippen molar-refractivity contribution in [2.45, 2.75) is 83.2 Å². The zero-order valence-corrected chi connectivity index (χ0v) is 36.8. The monoisotopic (exact) mass is 864 g/mol. The average Bonchev–Trinajstić information content (AvgIpc) is 3.72. The fraction of sp³-hybridized carbons (Fsp3) is 0.475. The zero-order chi connectivity index (χ0) is 43.1. The number of thiazole rings is 1. The van der Waals surface area contributed by atoms with Crippen LogP contribution in [0.4, 0.5) is 16.5 Å². The smallest absolute Gasteiger partial charge is 0.356 e. The highest BCUT2D eigenvalue weighted by Crippen LogP contribution is 2.53. The van der Waals surface area contributed by atoms with Gasteiger partial charge in [-0.3, -0.25) is 34.6 Å². The molecular formula is C40H48N6O10S2Si. The van der Waals surface area contributed by atoms with Gasteiger partial charge >= 0.3 is 5.97 Å². The number of thioether (sulfide) groups is 1. The summed E-state index contributed by atoms with van der Waals surface area (Å²) in [6.45, 7) is 15.6. The molecule has 2 amide bonds. The molecule has 2 fully saturated rings. The molecule has 2 saturated heterocycles. The second-order valence-electron chi connectivity index (χ2n) is 16.8. The Labute approximate surface area is 351 Å². The van der Waals surface area contributed by atoms with Gasteiger partial charge in [0.05, 0.1) is 34.5 Å². The number of esters is 1. The Bertz CT molecular complexity index is 2180. The first-order chi connectivity index (χ1) is 27.7. The number of nitrogens with zero attached hydrogens (tertiary/aromatic N) is 6. The molecule has 0 unspecified atom stereocenters. The van der Waals surface area contributed by atoms with Gasteiger partial charge in [0.25, 0.3) is 17.3 Å². The maximum atomic E-state index is 13.9. The van der Waals surface area contributed by atoms with E-state index in [4.69, 9.17) is 9.16 Å². The minimum atomic E-state index is -2.22. The van der Waals surface area contributed by atoms with Crippen LogP contribution in [0.3, 0.4) is 0 Å². The molecule has 2 aromatic carbocycles. The molecule has 16 nitrogen and oxygen atoms in total. The van der Waals surface area contributed by atoms with Gasteiger partial charge in [-0.1, -0.05) is 39.8 Å². The molecule has 0 radical (unpaired) electrons.